The zero-order valence-corrected chi connectivity index (χ0v) is 20.9. The lowest BCUT2D eigenvalue weighted by Gasteiger charge is -2.44. The third-order valence-corrected chi connectivity index (χ3v) is 7.36. The average Bonchev–Trinajstić information content (AvgIpc) is 3.32. The van der Waals surface area contributed by atoms with Gasteiger partial charge < -0.3 is 23.9 Å². The summed E-state index contributed by atoms with van der Waals surface area (Å²) in [5.41, 5.74) is 1.98. The van der Waals surface area contributed by atoms with Crippen molar-refractivity contribution in [3.05, 3.63) is 53.9 Å². The van der Waals surface area contributed by atoms with Crippen LogP contribution in [-0.2, 0) is 17.9 Å². The Labute approximate surface area is 206 Å². The lowest BCUT2D eigenvalue weighted by atomic mass is 9.93. The van der Waals surface area contributed by atoms with Crippen LogP contribution in [0.5, 0.6) is 5.75 Å². The van der Waals surface area contributed by atoms with E-state index in [4.69, 9.17) is 9.15 Å². The molecule has 1 atom stereocenters. The lowest BCUT2D eigenvalue weighted by Crippen LogP contribution is -2.64. The van der Waals surface area contributed by atoms with E-state index in [0.29, 0.717) is 24.4 Å². The standard InChI is InChI=1S/C28H35N3O4/c1-19(2)35-22-12-10-20(11-13-22)17-31-26(32)24-16-25-23(14-15-34-25)30(24)18-28(31,3)27(33)29-21-8-6-4-5-7-9-21/h10-16,19,21H,4-9,17-18H2,1-3H3,(H,29,33)/t28-/m1/s1. The van der Waals surface area contributed by atoms with Crippen LogP contribution >= 0.6 is 0 Å². The first-order chi connectivity index (χ1) is 16.8. The van der Waals surface area contributed by atoms with Gasteiger partial charge in [0.25, 0.3) is 5.91 Å². The maximum absolute atomic E-state index is 13.9. The number of carbonyl (C=O) groups is 2. The van der Waals surface area contributed by atoms with Gasteiger partial charge in [0.05, 0.1) is 24.4 Å². The number of aromatic nitrogens is 1. The minimum atomic E-state index is -1.04. The molecule has 0 unspecified atom stereocenters. The number of carbonyl (C=O) groups excluding carboxylic acids is 2. The molecule has 35 heavy (non-hydrogen) atoms. The largest absolute Gasteiger partial charge is 0.491 e. The molecular formula is C28H35N3O4. The number of benzene rings is 1. The van der Waals surface area contributed by atoms with Crippen molar-refractivity contribution >= 4 is 22.9 Å². The molecule has 3 heterocycles. The van der Waals surface area contributed by atoms with Gasteiger partial charge in [-0.3, -0.25) is 9.59 Å². The number of furan rings is 1. The van der Waals surface area contributed by atoms with Crippen molar-refractivity contribution in [2.75, 3.05) is 0 Å². The number of hydrogen-bond acceptors (Lipinski definition) is 4. The highest BCUT2D eigenvalue weighted by atomic mass is 16.5. The van der Waals surface area contributed by atoms with E-state index in [9.17, 15) is 9.59 Å². The first-order valence-electron chi connectivity index (χ1n) is 12.8. The van der Waals surface area contributed by atoms with Crippen molar-refractivity contribution in [1.82, 2.24) is 14.8 Å². The van der Waals surface area contributed by atoms with Gasteiger partial charge in [0.15, 0.2) is 5.58 Å². The molecule has 2 aliphatic rings. The Morgan fingerprint density at radius 2 is 1.86 bits per heavy atom. The van der Waals surface area contributed by atoms with Crippen LogP contribution in [0.2, 0.25) is 0 Å². The second kappa shape index (κ2) is 9.44. The van der Waals surface area contributed by atoms with Crippen molar-refractivity contribution in [1.29, 1.82) is 0 Å². The maximum Gasteiger partial charge on any atom is 0.271 e. The first kappa shape index (κ1) is 23.5. The molecule has 1 aliphatic heterocycles. The Bertz CT molecular complexity index is 1200. The zero-order chi connectivity index (χ0) is 24.6. The number of hydrogen-bond donors (Lipinski definition) is 1. The van der Waals surface area contributed by atoms with E-state index in [2.05, 4.69) is 5.32 Å². The number of fused-ring (bicyclic) bond motifs is 3. The molecule has 1 fully saturated rings. The molecule has 1 aromatic carbocycles. The number of nitrogens with one attached hydrogen (secondary N) is 1. The summed E-state index contributed by atoms with van der Waals surface area (Å²) in [6.45, 7) is 6.59. The maximum atomic E-state index is 13.9. The zero-order valence-electron chi connectivity index (χ0n) is 20.9. The molecule has 1 saturated carbocycles. The molecule has 1 aliphatic carbocycles. The summed E-state index contributed by atoms with van der Waals surface area (Å²) in [6.07, 6.45) is 8.40. The van der Waals surface area contributed by atoms with Gasteiger partial charge in [0, 0.05) is 24.7 Å². The van der Waals surface area contributed by atoms with Crippen LogP contribution in [-0.4, -0.2) is 39.0 Å². The van der Waals surface area contributed by atoms with E-state index >= 15 is 0 Å². The number of ether oxygens (including phenoxy) is 1. The quantitative estimate of drug-likeness (QED) is 0.491. The Morgan fingerprint density at radius 3 is 2.54 bits per heavy atom. The fraction of sp³-hybridized carbons (Fsp3) is 0.500. The molecule has 0 saturated heterocycles. The first-order valence-corrected chi connectivity index (χ1v) is 12.8. The van der Waals surface area contributed by atoms with Gasteiger partial charge in [-0.1, -0.05) is 37.8 Å². The molecule has 2 aromatic heterocycles. The SMILES string of the molecule is CC(C)Oc1ccc(CN2C(=O)c3cc4occc4n3C[C@]2(C)C(=O)NC2CCCCCC2)cc1. The van der Waals surface area contributed by atoms with E-state index in [-0.39, 0.29) is 24.0 Å². The molecular weight excluding hydrogens is 442 g/mol. The summed E-state index contributed by atoms with van der Waals surface area (Å²) >= 11 is 0. The lowest BCUT2D eigenvalue weighted by molar-refractivity contribution is -0.134. The van der Waals surface area contributed by atoms with Crippen molar-refractivity contribution in [2.24, 2.45) is 0 Å². The van der Waals surface area contributed by atoms with Gasteiger partial charge in [-0.25, -0.2) is 0 Å². The highest BCUT2D eigenvalue weighted by molar-refractivity contribution is 6.02. The van der Waals surface area contributed by atoms with Gasteiger partial charge in [-0.2, -0.15) is 0 Å². The summed E-state index contributed by atoms with van der Waals surface area (Å²) in [6, 6.07) is 11.6. The highest BCUT2D eigenvalue weighted by Crippen LogP contribution is 2.34. The van der Waals surface area contributed by atoms with E-state index in [0.717, 1.165) is 42.5 Å². The Balaban J connectivity index is 1.46. The molecule has 5 rings (SSSR count). The van der Waals surface area contributed by atoms with Crippen LogP contribution in [0.15, 0.2) is 47.1 Å². The average molecular weight is 478 g/mol. The second-order valence-corrected chi connectivity index (χ2v) is 10.4. The van der Waals surface area contributed by atoms with E-state index < -0.39 is 5.54 Å². The van der Waals surface area contributed by atoms with Crippen LogP contribution in [0.4, 0.5) is 0 Å². The smallest absolute Gasteiger partial charge is 0.271 e. The summed E-state index contributed by atoms with van der Waals surface area (Å²) in [4.78, 5) is 29.4. The van der Waals surface area contributed by atoms with Crippen LogP contribution in [0.25, 0.3) is 11.1 Å². The summed E-state index contributed by atoms with van der Waals surface area (Å²) in [5, 5.41) is 3.31. The van der Waals surface area contributed by atoms with E-state index in [1.54, 1.807) is 17.2 Å². The van der Waals surface area contributed by atoms with Crippen LogP contribution in [0.1, 0.15) is 75.3 Å². The molecule has 0 bridgehead atoms. The topological polar surface area (TPSA) is 76.7 Å². The molecule has 0 spiro atoms. The summed E-state index contributed by atoms with van der Waals surface area (Å²) in [5.74, 6) is 0.536. The number of nitrogens with zero attached hydrogens (tertiary/aromatic N) is 2. The van der Waals surface area contributed by atoms with Gasteiger partial charge in [-0.05, 0) is 51.3 Å². The second-order valence-electron chi connectivity index (χ2n) is 10.4. The summed E-state index contributed by atoms with van der Waals surface area (Å²) < 4.78 is 13.3. The van der Waals surface area contributed by atoms with Gasteiger partial charge in [-0.15, -0.1) is 0 Å². The van der Waals surface area contributed by atoms with Crippen molar-refractivity contribution < 1.29 is 18.7 Å². The minimum absolute atomic E-state index is 0.0893. The minimum Gasteiger partial charge on any atom is -0.491 e. The molecule has 7 nitrogen and oxygen atoms in total. The van der Waals surface area contributed by atoms with Gasteiger partial charge >= 0.3 is 0 Å². The normalized spacial score (nSPS) is 21.3. The fourth-order valence-corrected chi connectivity index (χ4v) is 5.41. The van der Waals surface area contributed by atoms with Crippen molar-refractivity contribution in [2.45, 2.75) is 90.1 Å². The van der Waals surface area contributed by atoms with Crippen LogP contribution < -0.4 is 10.1 Å². The molecule has 2 amide bonds. The third kappa shape index (κ3) is 4.56. The predicted molar refractivity (Wildman–Crippen MR) is 134 cm³/mol. The fourth-order valence-electron chi connectivity index (χ4n) is 5.41. The Hall–Kier alpha value is -3.22. The molecule has 186 valence electrons. The molecule has 7 heteroatoms. The van der Waals surface area contributed by atoms with E-state index in [1.165, 1.54) is 12.8 Å². The monoisotopic (exact) mass is 477 g/mol. The highest BCUT2D eigenvalue weighted by Gasteiger charge is 2.48. The Kier molecular flexibility index (Phi) is 6.34. The predicted octanol–water partition coefficient (Wildman–Crippen LogP) is 5.28. The third-order valence-electron chi connectivity index (χ3n) is 7.36. The van der Waals surface area contributed by atoms with Gasteiger partial charge in [0.1, 0.15) is 17.0 Å². The summed E-state index contributed by atoms with van der Waals surface area (Å²) in [7, 11) is 0. The van der Waals surface area contributed by atoms with Gasteiger partial charge in [0.2, 0.25) is 5.91 Å². The molecule has 1 N–H and O–H groups in total. The van der Waals surface area contributed by atoms with E-state index in [1.807, 2.05) is 55.7 Å². The Morgan fingerprint density at radius 1 is 1.14 bits per heavy atom. The van der Waals surface area contributed by atoms with Crippen LogP contribution in [0, 0.1) is 0 Å². The number of rotatable bonds is 6. The number of amides is 2. The van der Waals surface area contributed by atoms with Crippen molar-refractivity contribution in [3.63, 3.8) is 0 Å². The molecule has 0 radical (unpaired) electrons. The van der Waals surface area contributed by atoms with Crippen LogP contribution in [0.3, 0.4) is 0 Å². The van der Waals surface area contributed by atoms with Crippen molar-refractivity contribution in [3.8, 4) is 5.75 Å². The molecule has 3 aromatic rings.